The lowest BCUT2D eigenvalue weighted by molar-refractivity contribution is -0.139. The van der Waals surface area contributed by atoms with Crippen LogP contribution in [-0.4, -0.2) is 19.6 Å². The molecule has 0 atom stereocenters. The molecule has 3 nitrogen and oxygen atoms in total. The van der Waals surface area contributed by atoms with Gasteiger partial charge in [0.25, 0.3) is 0 Å². The first-order valence-electron chi connectivity index (χ1n) is 7.21. The van der Waals surface area contributed by atoms with Crippen LogP contribution < -0.4 is 4.90 Å². The molecule has 4 heteroatoms. The molecular formula is C19H18FNO2. The first kappa shape index (κ1) is 16.6. The molecule has 0 bridgehead atoms. The summed E-state index contributed by atoms with van der Waals surface area (Å²) in [6.07, 6.45) is 5.67. The number of esters is 1. The van der Waals surface area contributed by atoms with Crippen LogP contribution in [0.3, 0.4) is 0 Å². The highest BCUT2D eigenvalue weighted by Gasteiger charge is 2.08. The first-order chi connectivity index (χ1) is 11.1. The summed E-state index contributed by atoms with van der Waals surface area (Å²) in [7, 11) is 1.37. The quantitative estimate of drug-likeness (QED) is 0.606. The molecule has 0 saturated heterocycles. The molecule has 118 valence electrons. The van der Waals surface area contributed by atoms with Gasteiger partial charge in [-0.05, 0) is 35.4 Å². The zero-order valence-corrected chi connectivity index (χ0v) is 13.0. The Hall–Kier alpha value is -2.80. The Morgan fingerprint density at radius 3 is 2.57 bits per heavy atom. The molecule has 0 N–H and O–H groups in total. The molecule has 0 radical (unpaired) electrons. The van der Waals surface area contributed by atoms with E-state index in [0.29, 0.717) is 13.1 Å². The van der Waals surface area contributed by atoms with Crippen LogP contribution in [0.15, 0.2) is 48.5 Å². The third-order valence-electron chi connectivity index (χ3n) is 3.42. The van der Waals surface area contributed by atoms with E-state index >= 15 is 0 Å². The van der Waals surface area contributed by atoms with E-state index in [4.69, 9.17) is 6.42 Å². The normalized spacial score (nSPS) is 9.96. The van der Waals surface area contributed by atoms with Gasteiger partial charge in [-0.1, -0.05) is 30.2 Å². The van der Waals surface area contributed by atoms with Gasteiger partial charge in [0, 0.05) is 12.2 Å². The molecular weight excluding hydrogens is 293 g/mol. The second-order valence-electron chi connectivity index (χ2n) is 5.11. The topological polar surface area (TPSA) is 29.5 Å². The summed E-state index contributed by atoms with van der Waals surface area (Å²) in [6, 6.07) is 14.0. The average Bonchev–Trinajstić information content (AvgIpc) is 2.55. The molecule has 2 aromatic carbocycles. The summed E-state index contributed by atoms with van der Waals surface area (Å²) in [6.45, 7) is 0.922. The van der Waals surface area contributed by atoms with Crippen LogP contribution in [0, 0.1) is 18.2 Å². The predicted molar refractivity (Wildman–Crippen MR) is 88.4 cm³/mol. The number of anilines is 1. The lowest BCUT2D eigenvalue weighted by Crippen LogP contribution is -2.23. The van der Waals surface area contributed by atoms with E-state index in [1.165, 1.54) is 19.2 Å². The number of carbonyl (C=O) groups is 1. The maximum Gasteiger partial charge on any atom is 0.309 e. The van der Waals surface area contributed by atoms with Crippen LogP contribution in [0.4, 0.5) is 10.1 Å². The molecule has 0 unspecified atom stereocenters. The summed E-state index contributed by atoms with van der Waals surface area (Å²) >= 11 is 0. The third-order valence-corrected chi connectivity index (χ3v) is 3.42. The highest BCUT2D eigenvalue weighted by atomic mass is 19.1. The number of ether oxygens (including phenoxy) is 1. The van der Waals surface area contributed by atoms with Crippen molar-refractivity contribution in [2.45, 2.75) is 13.0 Å². The van der Waals surface area contributed by atoms with Crippen LogP contribution in [0.5, 0.6) is 0 Å². The molecule has 0 amide bonds. The van der Waals surface area contributed by atoms with Crippen molar-refractivity contribution in [1.82, 2.24) is 0 Å². The molecule has 0 fully saturated rings. The third kappa shape index (κ3) is 4.86. The fraction of sp³-hybridized carbons (Fsp3) is 0.211. The van der Waals surface area contributed by atoms with Crippen molar-refractivity contribution in [2.24, 2.45) is 0 Å². The Balaban J connectivity index is 2.14. The van der Waals surface area contributed by atoms with Gasteiger partial charge in [-0.2, -0.15) is 0 Å². The first-order valence-corrected chi connectivity index (χ1v) is 7.21. The van der Waals surface area contributed by atoms with E-state index < -0.39 is 0 Å². The Morgan fingerprint density at radius 2 is 1.96 bits per heavy atom. The van der Waals surface area contributed by atoms with E-state index in [0.717, 1.165) is 16.8 Å². The largest absolute Gasteiger partial charge is 0.469 e. The number of carbonyl (C=O) groups excluding carboxylic acids is 1. The summed E-state index contributed by atoms with van der Waals surface area (Å²) in [5.41, 5.74) is 2.63. The highest BCUT2D eigenvalue weighted by Crippen LogP contribution is 2.19. The lowest BCUT2D eigenvalue weighted by Gasteiger charge is -2.23. The zero-order valence-electron chi connectivity index (χ0n) is 13.0. The number of rotatable bonds is 6. The van der Waals surface area contributed by atoms with Crippen molar-refractivity contribution < 1.29 is 13.9 Å². The van der Waals surface area contributed by atoms with Gasteiger partial charge in [0.2, 0.25) is 0 Å². The standard InChI is InChI=1S/C19H18FNO2/c1-3-11-21(14-16-5-4-6-17(20)12-16)18-9-7-15(8-10-18)13-19(22)23-2/h1,4-10,12H,11,13-14H2,2H3. The number of hydrogen-bond donors (Lipinski definition) is 0. The Labute approximate surface area is 135 Å². The fourth-order valence-corrected chi connectivity index (χ4v) is 2.27. The van der Waals surface area contributed by atoms with Crippen molar-refractivity contribution >= 4 is 11.7 Å². The van der Waals surface area contributed by atoms with Crippen LogP contribution >= 0.6 is 0 Å². The second-order valence-corrected chi connectivity index (χ2v) is 5.11. The van der Waals surface area contributed by atoms with E-state index in [9.17, 15) is 9.18 Å². The van der Waals surface area contributed by atoms with Crippen molar-refractivity contribution in [3.8, 4) is 12.3 Å². The number of methoxy groups -OCH3 is 1. The van der Waals surface area contributed by atoms with Gasteiger partial charge >= 0.3 is 5.97 Å². The van der Waals surface area contributed by atoms with Crippen LogP contribution in [0.1, 0.15) is 11.1 Å². The SMILES string of the molecule is C#CCN(Cc1cccc(F)c1)c1ccc(CC(=O)OC)cc1. The minimum absolute atomic E-state index is 0.232. The van der Waals surface area contributed by atoms with Gasteiger partial charge in [0.1, 0.15) is 5.82 Å². The molecule has 0 aliphatic heterocycles. The van der Waals surface area contributed by atoms with Crippen LogP contribution in [-0.2, 0) is 22.5 Å². The number of terminal acetylenes is 1. The zero-order chi connectivity index (χ0) is 16.7. The molecule has 2 aromatic rings. The number of hydrogen-bond acceptors (Lipinski definition) is 3. The number of halogens is 1. The van der Waals surface area contributed by atoms with Crippen LogP contribution in [0.25, 0.3) is 0 Å². The molecule has 0 heterocycles. The van der Waals surface area contributed by atoms with Gasteiger partial charge < -0.3 is 9.64 Å². The van der Waals surface area contributed by atoms with E-state index in [2.05, 4.69) is 10.7 Å². The van der Waals surface area contributed by atoms with Gasteiger partial charge in [0.15, 0.2) is 0 Å². The molecule has 0 spiro atoms. The maximum atomic E-state index is 13.3. The van der Waals surface area contributed by atoms with Gasteiger partial charge in [-0.25, -0.2) is 4.39 Å². The van der Waals surface area contributed by atoms with Crippen molar-refractivity contribution in [1.29, 1.82) is 0 Å². The van der Waals surface area contributed by atoms with Crippen molar-refractivity contribution in [3.05, 3.63) is 65.5 Å². The molecule has 0 aliphatic carbocycles. The summed E-state index contributed by atoms with van der Waals surface area (Å²) in [5.74, 6) is 2.07. The van der Waals surface area contributed by atoms with Crippen LogP contribution in [0.2, 0.25) is 0 Å². The second kappa shape index (κ2) is 8.00. The molecule has 0 aromatic heterocycles. The van der Waals surface area contributed by atoms with Gasteiger partial charge in [-0.3, -0.25) is 4.79 Å². The predicted octanol–water partition coefficient (Wildman–Crippen LogP) is 3.18. The molecule has 0 aliphatic rings. The molecule has 2 rings (SSSR count). The summed E-state index contributed by atoms with van der Waals surface area (Å²) in [5, 5.41) is 0. The van der Waals surface area contributed by atoms with Gasteiger partial charge in [0.05, 0.1) is 20.1 Å². The van der Waals surface area contributed by atoms with Crippen molar-refractivity contribution in [3.63, 3.8) is 0 Å². The molecule has 23 heavy (non-hydrogen) atoms. The highest BCUT2D eigenvalue weighted by molar-refractivity contribution is 5.72. The summed E-state index contributed by atoms with van der Waals surface area (Å²) < 4.78 is 18.0. The van der Waals surface area contributed by atoms with E-state index in [-0.39, 0.29) is 18.2 Å². The Bertz CT molecular complexity index is 704. The Kier molecular flexibility index (Phi) is 5.76. The summed E-state index contributed by atoms with van der Waals surface area (Å²) in [4.78, 5) is 13.2. The molecule has 0 saturated carbocycles. The van der Waals surface area contributed by atoms with E-state index in [1.807, 2.05) is 35.2 Å². The average molecular weight is 311 g/mol. The minimum atomic E-state index is -0.280. The smallest absolute Gasteiger partial charge is 0.309 e. The van der Waals surface area contributed by atoms with Crippen molar-refractivity contribution in [2.75, 3.05) is 18.6 Å². The fourth-order valence-electron chi connectivity index (χ4n) is 2.27. The van der Waals surface area contributed by atoms with Gasteiger partial charge in [-0.15, -0.1) is 6.42 Å². The van der Waals surface area contributed by atoms with E-state index in [1.54, 1.807) is 6.07 Å². The maximum absolute atomic E-state index is 13.3. The number of nitrogens with zero attached hydrogens (tertiary/aromatic N) is 1. The Morgan fingerprint density at radius 1 is 1.22 bits per heavy atom. The number of benzene rings is 2. The monoisotopic (exact) mass is 311 g/mol. The lowest BCUT2D eigenvalue weighted by atomic mass is 10.1. The minimum Gasteiger partial charge on any atom is -0.469 e.